The fourth-order valence-electron chi connectivity index (χ4n) is 0.931. The molecular formula is C8H7F4NO. The number of nitrogens with two attached hydrogens (primary N) is 1. The van der Waals surface area contributed by atoms with E-state index in [4.69, 9.17) is 5.73 Å². The fourth-order valence-corrected chi connectivity index (χ4v) is 0.931. The number of nitrogen functional groups attached to an aromatic ring is 1. The third-order valence-corrected chi connectivity index (χ3v) is 1.46. The lowest BCUT2D eigenvalue weighted by atomic mass is 10.2. The lowest BCUT2D eigenvalue weighted by Crippen LogP contribution is -2.18. The lowest BCUT2D eigenvalue weighted by Gasteiger charge is -2.11. The third-order valence-electron chi connectivity index (χ3n) is 1.46. The van der Waals surface area contributed by atoms with Gasteiger partial charge in [0.05, 0.1) is 0 Å². The van der Waals surface area contributed by atoms with Crippen molar-refractivity contribution >= 4 is 5.69 Å². The van der Waals surface area contributed by atoms with Crippen molar-refractivity contribution in [2.75, 3.05) is 5.73 Å². The predicted molar refractivity (Wildman–Crippen MR) is 42.2 cm³/mol. The second-order valence-electron chi connectivity index (χ2n) is 2.71. The lowest BCUT2D eigenvalue weighted by molar-refractivity contribution is -0.274. The SMILES string of the molecule is Cc1cc(F)c(N)c(OC(F)(F)F)c1. The van der Waals surface area contributed by atoms with Gasteiger partial charge in [0.2, 0.25) is 0 Å². The van der Waals surface area contributed by atoms with Gasteiger partial charge >= 0.3 is 6.36 Å². The Hall–Kier alpha value is -1.46. The van der Waals surface area contributed by atoms with Gasteiger partial charge in [0, 0.05) is 0 Å². The van der Waals surface area contributed by atoms with Crippen LogP contribution < -0.4 is 10.5 Å². The second kappa shape index (κ2) is 3.36. The minimum absolute atomic E-state index is 0.302. The third kappa shape index (κ3) is 2.51. The van der Waals surface area contributed by atoms with Crippen LogP contribution in [-0.4, -0.2) is 6.36 Å². The molecule has 1 aromatic carbocycles. The van der Waals surface area contributed by atoms with Gasteiger partial charge in [-0.1, -0.05) is 0 Å². The average molecular weight is 209 g/mol. The van der Waals surface area contributed by atoms with Gasteiger partial charge in [0.1, 0.15) is 11.5 Å². The first-order valence-corrected chi connectivity index (χ1v) is 3.61. The predicted octanol–water partition coefficient (Wildman–Crippen LogP) is 2.61. The standard InChI is InChI=1S/C8H7F4NO/c1-4-2-5(9)7(13)6(3-4)14-8(10,11)12/h2-3H,13H2,1H3. The second-order valence-corrected chi connectivity index (χ2v) is 2.71. The molecule has 0 atom stereocenters. The van der Waals surface area contributed by atoms with Crippen LogP contribution in [0.5, 0.6) is 5.75 Å². The van der Waals surface area contributed by atoms with Crippen LogP contribution in [0, 0.1) is 12.7 Å². The molecule has 0 fully saturated rings. The summed E-state index contributed by atoms with van der Waals surface area (Å²) in [5.41, 5.74) is 4.72. The molecule has 0 aliphatic carbocycles. The number of rotatable bonds is 1. The van der Waals surface area contributed by atoms with Gasteiger partial charge in [-0.15, -0.1) is 13.2 Å². The van der Waals surface area contributed by atoms with Crippen LogP contribution in [0.1, 0.15) is 5.56 Å². The van der Waals surface area contributed by atoms with E-state index in [2.05, 4.69) is 4.74 Å². The van der Waals surface area contributed by atoms with E-state index in [1.165, 1.54) is 6.92 Å². The maximum Gasteiger partial charge on any atom is 0.573 e. The Morgan fingerprint density at radius 2 is 1.86 bits per heavy atom. The molecule has 0 amide bonds. The summed E-state index contributed by atoms with van der Waals surface area (Å²) >= 11 is 0. The quantitative estimate of drug-likeness (QED) is 0.570. The Morgan fingerprint density at radius 3 is 2.36 bits per heavy atom. The van der Waals surface area contributed by atoms with Crippen LogP contribution in [0.25, 0.3) is 0 Å². The van der Waals surface area contributed by atoms with E-state index in [9.17, 15) is 17.6 Å². The molecule has 0 aliphatic rings. The molecule has 0 radical (unpaired) electrons. The minimum Gasteiger partial charge on any atom is -0.403 e. The van der Waals surface area contributed by atoms with Crippen molar-refractivity contribution in [3.63, 3.8) is 0 Å². The highest BCUT2D eigenvalue weighted by Gasteiger charge is 2.32. The Balaban J connectivity index is 3.09. The zero-order valence-electron chi connectivity index (χ0n) is 7.15. The highest BCUT2D eigenvalue weighted by molar-refractivity contribution is 5.55. The number of hydrogen-bond acceptors (Lipinski definition) is 2. The maximum absolute atomic E-state index is 12.8. The zero-order valence-corrected chi connectivity index (χ0v) is 7.15. The zero-order chi connectivity index (χ0) is 10.9. The number of anilines is 1. The first-order chi connectivity index (χ1) is 6.29. The molecule has 0 aliphatic heterocycles. The van der Waals surface area contributed by atoms with Gasteiger partial charge in [0.15, 0.2) is 5.75 Å². The molecule has 0 saturated heterocycles. The van der Waals surface area contributed by atoms with E-state index >= 15 is 0 Å². The number of alkyl halides is 3. The van der Waals surface area contributed by atoms with Crippen molar-refractivity contribution < 1.29 is 22.3 Å². The van der Waals surface area contributed by atoms with Gasteiger partial charge in [-0.25, -0.2) is 4.39 Å². The highest BCUT2D eigenvalue weighted by atomic mass is 19.4. The molecule has 2 N–H and O–H groups in total. The highest BCUT2D eigenvalue weighted by Crippen LogP contribution is 2.31. The molecule has 6 heteroatoms. The number of halogens is 4. The van der Waals surface area contributed by atoms with Crippen molar-refractivity contribution in [2.45, 2.75) is 13.3 Å². The molecule has 78 valence electrons. The Kier molecular flexibility index (Phi) is 2.55. The molecule has 1 rings (SSSR count). The van der Waals surface area contributed by atoms with E-state index in [0.29, 0.717) is 5.56 Å². The van der Waals surface area contributed by atoms with E-state index < -0.39 is 23.6 Å². The Morgan fingerprint density at radius 1 is 1.29 bits per heavy atom. The van der Waals surface area contributed by atoms with Gasteiger partial charge in [0.25, 0.3) is 0 Å². The van der Waals surface area contributed by atoms with E-state index in [1.807, 2.05) is 0 Å². The van der Waals surface area contributed by atoms with Crippen LogP contribution in [-0.2, 0) is 0 Å². The smallest absolute Gasteiger partial charge is 0.403 e. The Labute approximate surface area is 77.3 Å². The topological polar surface area (TPSA) is 35.2 Å². The van der Waals surface area contributed by atoms with Crippen molar-refractivity contribution in [1.29, 1.82) is 0 Å². The van der Waals surface area contributed by atoms with Crippen molar-refractivity contribution in [2.24, 2.45) is 0 Å². The first kappa shape index (κ1) is 10.6. The summed E-state index contributed by atoms with van der Waals surface area (Å²) in [7, 11) is 0. The number of ether oxygens (including phenoxy) is 1. The van der Waals surface area contributed by atoms with Gasteiger partial charge in [-0.05, 0) is 24.6 Å². The summed E-state index contributed by atoms with van der Waals surface area (Å²) in [6.45, 7) is 1.44. The summed E-state index contributed by atoms with van der Waals surface area (Å²) in [6.07, 6.45) is -4.87. The van der Waals surface area contributed by atoms with Gasteiger partial charge in [-0.2, -0.15) is 0 Å². The monoisotopic (exact) mass is 209 g/mol. The Bertz CT molecular complexity index is 348. The van der Waals surface area contributed by atoms with E-state index in [-0.39, 0.29) is 0 Å². The largest absolute Gasteiger partial charge is 0.573 e. The van der Waals surface area contributed by atoms with Crippen LogP contribution in [0.2, 0.25) is 0 Å². The molecule has 0 aromatic heterocycles. The van der Waals surface area contributed by atoms with Crippen LogP contribution in [0.3, 0.4) is 0 Å². The van der Waals surface area contributed by atoms with Gasteiger partial charge < -0.3 is 10.5 Å². The van der Waals surface area contributed by atoms with Crippen LogP contribution >= 0.6 is 0 Å². The number of hydrogen-bond donors (Lipinski definition) is 1. The molecule has 0 heterocycles. The molecule has 0 spiro atoms. The van der Waals surface area contributed by atoms with Crippen molar-refractivity contribution in [3.8, 4) is 5.75 Å². The van der Waals surface area contributed by atoms with E-state index in [1.54, 1.807) is 0 Å². The van der Waals surface area contributed by atoms with Gasteiger partial charge in [-0.3, -0.25) is 0 Å². The molecule has 1 aromatic rings. The summed E-state index contributed by atoms with van der Waals surface area (Å²) in [5, 5.41) is 0. The average Bonchev–Trinajstić information content (AvgIpc) is 1.96. The molecule has 0 unspecified atom stereocenters. The summed E-state index contributed by atoms with van der Waals surface area (Å²) in [5.74, 6) is -1.64. The summed E-state index contributed by atoms with van der Waals surface area (Å²) < 4.78 is 51.7. The van der Waals surface area contributed by atoms with Crippen molar-refractivity contribution in [1.82, 2.24) is 0 Å². The van der Waals surface area contributed by atoms with Crippen LogP contribution in [0.15, 0.2) is 12.1 Å². The molecular weight excluding hydrogens is 202 g/mol. The molecule has 2 nitrogen and oxygen atoms in total. The molecule has 0 bridgehead atoms. The number of benzene rings is 1. The molecule has 14 heavy (non-hydrogen) atoms. The maximum atomic E-state index is 12.8. The molecule has 0 saturated carbocycles. The first-order valence-electron chi connectivity index (χ1n) is 3.61. The van der Waals surface area contributed by atoms with E-state index in [0.717, 1.165) is 12.1 Å². The minimum atomic E-state index is -4.87. The normalized spacial score (nSPS) is 11.5. The van der Waals surface area contributed by atoms with Crippen LogP contribution in [0.4, 0.5) is 23.2 Å². The summed E-state index contributed by atoms with van der Waals surface area (Å²) in [4.78, 5) is 0. The fraction of sp³-hybridized carbons (Fsp3) is 0.250. The summed E-state index contributed by atoms with van der Waals surface area (Å²) in [6, 6.07) is 2.05. The number of aryl methyl sites for hydroxylation is 1. The van der Waals surface area contributed by atoms with Crippen molar-refractivity contribution in [3.05, 3.63) is 23.5 Å².